The Bertz CT molecular complexity index is 1170. The Kier molecular flexibility index (Phi) is 4.83. The highest BCUT2D eigenvalue weighted by Crippen LogP contribution is 2.31. The topological polar surface area (TPSA) is 82.6 Å². The molecule has 1 heterocycles. The Balaban J connectivity index is 1.58. The van der Waals surface area contributed by atoms with Gasteiger partial charge >= 0.3 is 5.97 Å². The normalized spacial score (nSPS) is 11.8. The quantitative estimate of drug-likeness (QED) is 0.466. The van der Waals surface area contributed by atoms with Gasteiger partial charge in [-0.15, -0.1) is 0 Å². The van der Waals surface area contributed by atoms with Gasteiger partial charge in [-0.05, 0) is 35.4 Å². The number of aromatic nitrogens is 1. The summed E-state index contributed by atoms with van der Waals surface area (Å²) in [5.41, 5.74) is 3.69. The molecular weight excluding hydrogens is 354 g/mol. The molecule has 4 aromatic rings. The molecular formula is C23H19NO4. The van der Waals surface area contributed by atoms with Gasteiger partial charge in [0.25, 0.3) is 0 Å². The monoisotopic (exact) mass is 373 g/mol. The van der Waals surface area contributed by atoms with Gasteiger partial charge in [0.2, 0.25) is 0 Å². The number of hydrogen-bond donors (Lipinski definition) is 3. The van der Waals surface area contributed by atoms with E-state index < -0.39 is 5.97 Å². The van der Waals surface area contributed by atoms with E-state index in [1.54, 1.807) is 18.2 Å². The lowest BCUT2D eigenvalue weighted by Crippen LogP contribution is -2.05. The number of para-hydroxylation sites is 2. The van der Waals surface area contributed by atoms with Crippen molar-refractivity contribution in [2.24, 2.45) is 0 Å². The molecule has 0 aliphatic carbocycles. The van der Waals surface area contributed by atoms with Crippen molar-refractivity contribution in [3.05, 3.63) is 83.4 Å². The van der Waals surface area contributed by atoms with Crippen LogP contribution in [-0.2, 0) is 0 Å². The van der Waals surface area contributed by atoms with E-state index >= 15 is 0 Å². The van der Waals surface area contributed by atoms with Crippen LogP contribution < -0.4 is 4.74 Å². The molecule has 0 fully saturated rings. The van der Waals surface area contributed by atoms with E-state index in [2.05, 4.69) is 11.1 Å². The van der Waals surface area contributed by atoms with Gasteiger partial charge in [-0.25, -0.2) is 4.79 Å². The first-order chi connectivity index (χ1) is 13.7. The second-order valence-corrected chi connectivity index (χ2v) is 6.53. The predicted octanol–water partition coefficient (Wildman–Crippen LogP) is 4.47. The summed E-state index contributed by atoms with van der Waals surface area (Å²) in [5, 5.41) is 20.9. The van der Waals surface area contributed by atoms with Crippen LogP contribution in [0.4, 0.5) is 0 Å². The number of aromatic amines is 1. The number of rotatable bonds is 6. The third-order valence-corrected chi connectivity index (χ3v) is 4.65. The molecule has 0 unspecified atom stereocenters. The van der Waals surface area contributed by atoms with Crippen molar-refractivity contribution < 1.29 is 19.7 Å². The summed E-state index contributed by atoms with van der Waals surface area (Å²) < 4.78 is 5.98. The smallest absolute Gasteiger partial charge is 0.335 e. The fraction of sp³-hybridized carbons (Fsp3) is 0.0870. The maximum absolute atomic E-state index is 10.9. The molecule has 140 valence electrons. The number of aliphatic hydroxyl groups excluding tert-OH is 1. The van der Waals surface area contributed by atoms with Crippen LogP contribution in [-0.4, -0.2) is 34.4 Å². The van der Waals surface area contributed by atoms with E-state index in [0.29, 0.717) is 11.3 Å². The van der Waals surface area contributed by atoms with E-state index in [4.69, 9.17) is 9.84 Å². The Morgan fingerprint density at radius 3 is 2.46 bits per heavy atom. The summed E-state index contributed by atoms with van der Waals surface area (Å²) in [4.78, 5) is 14.3. The molecule has 0 saturated carbocycles. The Morgan fingerprint density at radius 1 is 0.964 bits per heavy atom. The van der Waals surface area contributed by atoms with Crippen LogP contribution in [0.5, 0.6) is 5.75 Å². The number of fused-ring (bicyclic) bond motifs is 3. The highest BCUT2D eigenvalue weighted by atomic mass is 16.5. The fourth-order valence-corrected chi connectivity index (χ4v) is 3.23. The zero-order valence-corrected chi connectivity index (χ0v) is 15.1. The van der Waals surface area contributed by atoms with E-state index in [1.165, 1.54) is 12.1 Å². The molecule has 4 rings (SSSR count). The van der Waals surface area contributed by atoms with Gasteiger partial charge in [-0.2, -0.15) is 0 Å². The lowest BCUT2D eigenvalue weighted by Gasteiger charge is -2.09. The fourth-order valence-electron chi connectivity index (χ4n) is 3.23. The van der Waals surface area contributed by atoms with Gasteiger partial charge < -0.3 is 19.9 Å². The highest BCUT2D eigenvalue weighted by Gasteiger charge is 2.09. The molecule has 5 nitrogen and oxygen atoms in total. The molecule has 0 spiro atoms. The van der Waals surface area contributed by atoms with Crippen molar-refractivity contribution in [3.8, 4) is 5.75 Å². The minimum Gasteiger partial charge on any atom is -0.487 e. The number of aliphatic hydroxyl groups is 1. The third kappa shape index (κ3) is 3.48. The molecule has 5 heteroatoms. The van der Waals surface area contributed by atoms with Crippen LogP contribution in [0.3, 0.4) is 0 Å². The second kappa shape index (κ2) is 7.58. The van der Waals surface area contributed by atoms with Crippen molar-refractivity contribution >= 4 is 33.9 Å². The molecule has 0 bridgehead atoms. The SMILES string of the molecule is O=C(O)c1ccc(/C=C(\CO)COc2cccc3c2[nH]c2ccccc23)cc1. The van der Waals surface area contributed by atoms with Crippen LogP contribution in [0.2, 0.25) is 0 Å². The lowest BCUT2D eigenvalue weighted by molar-refractivity contribution is 0.0697. The van der Waals surface area contributed by atoms with Crippen molar-refractivity contribution in [1.29, 1.82) is 0 Å². The predicted molar refractivity (Wildman–Crippen MR) is 110 cm³/mol. The standard InChI is InChI=1S/C23H19NO4/c25-13-16(12-15-8-10-17(11-9-15)23(26)27)14-28-21-7-3-5-19-18-4-1-2-6-20(18)24-22(19)21/h1-12,24-25H,13-14H2,(H,26,27)/b16-12+. The molecule has 0 aliphatic heterocycles. The first kappa shape index (κ1) is 17.8. The summed E-state index contributed by atoms with van der Waals surface area (Å²) in [6.45, 7) is 0.0784. The molecule has 0 radical (unpaired) electrons. The number of benzene rings is 3. The molecule has 0 aliphatic rings. The molecule has 3 aromatic carbocycles. The molecule has 0 atom stereocenters. The highest BCUT2D eigenvalue weighted by molar-refractivity contribution is 6.09. The van der Waals surface area contributed by atoms with Crippen molar-refractivity contribution in [1.82, 2.24) is 4.98 Å². The number of nitrogens with one attached hydrogen (secondary N) is 1. The number of H-pyrrole nitrogens is 1. The summed E-state index contributed by atoms with van der Waals surface area (Å²) >= 11 is 0. The van der Waals surface area contributed by atoms with Gasteiger partial charge in [0.05, 0.1) is 17.7 Å². The molecule has 1 aromatic heterocycles. The zero-order valence-electron chi connectivity index (χ0n) is 15.1. The van der Waals surface area contributed by atoms with Crippen molar-refractivity contribution in [2.45, 2.75) is 0 Å². The Morgan fingerprint density at radius 2 is 1.71 bits per heavy atom. The van der Waals surface area contributed by atoms with Crippen LogP contribution in [0.25, 0.3) is 27.9 Å². The van der Waals surface area contributed by atoms with Gasteiger partial charge in [0.15, 0.2) is 0 Å². The number of aromatic carboxylic acids is 1. The van der Waals surface area contributed by atoms with Crippen LogP contribution in [0.1, 0.15) is 15.9 Å². The molecule has 0 amide bonds. The molecule has 3 N–H and O–H groups in total. The first-order valence-corrected chi connectivity index (χ1v) is 8.91. The van der Waals surface area contributed by atoms with E-state index in [1.807, 2.05) is 36.4 Å². The van der Waals surface area contributed by atoms with E-state index in [9.17, 15) is 9.90 Å². The molecule has 28 heavy (non-hydrogen) atoms. The lowest BCUT2D eigenvalue weighted by atomic mass is 10.1. The number of carbonyl (C=O) groups is 1. The van der Waals surface area contributed by atoms with Crippen molar-refractivity contribution in [3.63, 3.8) is 0 Å². The maximum atomic E-state index is 10.9. The minimum absolute atomic E-state index is 0.149. The van der Waals surface area contributed by atoms with Gasteiger partial charge in [-0.1, -0.05) is 48.5 Å². The van der Waals surface area contributed by atoms with Gasteiger partial charge in [0, 0.05) is 16.3 Å². The van der Waals surface area contributed by atoms with Gasteiger partial charge in [0.1, 0.15) is 12.4 Å². The average molecular weight is 373 g/mol. The molecule has 0 saturated heterocycles. The summed E-state index contributed by atoms with van der Waals surface area (Å²) in [6, 6.07) is 20.5. The number of carboxylic acids is 1. The Labute approximate surface area is 161 Å². The van der Waals surface area contributed by atoms with E-state index in [-0.39, 0.29) is 18.8 Å². The second-order valence-electron chi connectivity index (χ2n) is 6.53. The zero-order chi connectivity index (χ0) is 19.5. The van der Waals surface area contributed by atoms with Crippen molar-refractivity contribution in [2.75, 3.05) is 13.2 Å². The largest absolute Gasteiger partial charge is 0.487 e. The van der Waals surface area contributed by atoms with Gasteiger partial charge in [-0.3, -0.25) is 0 Å². The van der Waals surface area contributed by atoms with E-state index in [0.717, 1.165) is 27.4 Å². The first-order valence-electron chi connectivity index (χ1n) is 8.91. The van der Waals surface area contributed by atoms with Crippen LogP contribution in [0, 0.1) is 0 Å². The average Bonchev–Trinajstić information content (AvgIpc) is 3.11. The number of hydrogen-bond acceptors (Lipinski definition) is 3. The summed E-state index contributed by atoms with van der Waals surface area (Å²) in [6.07, 6.45) is 1.80. The number of carboxylic acid groups (broad SMARTS) is 1. The third-order valence-electron chi connectivity index (χ3n) is 4.65. The number of ether oxygens (including phenoxy) is 1. The summed E-state index contributed by atoms with van der Waals surface area (Å²) in [5.74, 6) is -0.248. The summed E-state index contributed by atoms with van der Waals surface area (Å²) in [7, 11) is 0. The van der Waals surface area contributed by atoms with Crippen LogP contribution in [0.15, 0.2) is 72.3 Å². The van der Waals surface area contributed by atoms with Crippen LogP contribution >= 0.6 is 0 Å². The Hall–Kier alpha value is -3.57. The minimum atomic E-state index is -0.965. The maximum Gasteiger partial charge on any atom is 0.335 e.